The summed E-state index contributed by atoms with van der Waals surface area (Å²) in [5.41, 5.74) is 4.08. The number of benzene rings is 4. The van der Waals surface area contributed by atoms with Gasteiger partial charge in [-0.25, -0.2) is 9.97 Å². The summed E-state index contributed by atoms with van der Waals surface area (Å²) in [6, 6.07) is 13.4. The number of nitrogens with one attached hydrogen (secondary N) is 1. The first-order chi connectivity index (χ1) is 28.1. The van der Waals surface area contributed by atoms with Crippen molar-refractivity contribution in [1.29, 1.82) is 0 Å². The summed E-state index contributed by atoms with van der Waals surface area (Å²) in [6.07, 6.45) is 2.43. The number of methoxy groups -OCH3 is 4. The number of rotatable bonds is 12. The number of halogens is 5. The smallest absolute Gasteiger partial charge is 0.326 e. The van der Waals surface area contributed by atoms with Crippen LogP contribution < -0.4 is 39.5 Å². The van der Waals surface area contributed by atoms with E-state index in [1.807, 2.05) is 0 Å². The molecule has 4 aromatic carbocycles. The molecule has 0 aliphatic rings. The van der Waals surface area contributed by atoms with Crippen molar-refractivity contribution in [3.63, 3.8) is 0 Å². The fourth-order valence-electron chi connectivity index (χ4n) is 4.27. The molecular weight excluding hydrogens is 877 g/mol. The number of nitrogen functional groups attached to an aromatic ring is 1. The third kappa shape index (κ3) is 14.0. The normalized spacial score (nSPS) is 9.79. The van der Waals surface area contributed by atoms with Crippen molar-refractivity contribution in [3.8, 4) is 46.5 Å². The second kappa shape index (κ2) is 23.4. The van der Waals surface area contributed by atoms with Crippen LogP contribution in [0.2, 0.25) is 15.3 Å². The van der Waals surface area contributed by atoms with Crippen LogP contribution in [-0.4, -0.2) is 68.2 Å². The van der Waals surface area contributed by atoms with Crippen molar-refractivity contribution in [3.05, 3.63) is 121 Å². The zero-order chi connectivity index (χ0) is 43.2. The lowest BCUT2D eigenvalue weighted by molar-refractivity contribution is -0.387. The summed E-state index contributed by atoms with van der Waals surface area (Å²) in [4.78, 5) is 42.7. The summed E-state index contributed by atoms with van der Waals surface area (Å²) in [7, 11) is 5.58. The number of hydrogen-bond donors (Lipinski definition) is 2. The molecule has 0 radical (unpaired) electrons. The van der Waals surface area contributed by atoms with Gasteiger partial charge in [-0.05, 0) is 35.9 Å². The fourth-order valence-corrected chi connectivity index (χ4v) is 4.77. The molecular formula is C36H35Cl3F2N10O10. The molecule has 0 bridgehead atoms. The highest BCUT2D eigenvalue weighted by molar-refractivity contribution is 6.32. The topological polar surface area (TPSA) is 257 Å². The molecule has 6 aromatic rings. The molecule has 0 amide bonds. The lowest BCUT2D eigenvalue weighted by Crippen LogP contribution is -2.03. The number of hydrogen-bond acceptors (Lipinski definition) is 18. The van der Waals surface area contributed by atoms with E-state index in [1.165, 1.54) is 41.1 Å². The van der Waals surface area contributed by atoms with Gasteiger partial charge in [0.1, 0.15) is 47.2 Å². The molecule has 0 unspecified atom stereocenters. The van der Waals surface area contributed by atoms with E-state index in [2.05, 4.69) is 40.0 Å². The standard InChI is InChI=1S/C17H13ClFN5O5.C10H7Cl2N3O2.C7H7FN2O3.2CH4/c1-27-14-5-9(3-4-10(14)18)29-17-21-8-20-16(23-17)22-12-7-13(24(25)26)11(19)6-15(12)28-2;1-16-8-4-6(2-3-7(8)11)17-10-14-5-13-9(12)15-10;1-13-7-2-4(8)6(10(11)12)3-5(7)9;;/h3-8H,1-2H3,(H,20,21,22,23);2-5H,1H3;2-3H,9H2,1H3;2*1H4. The molecule has 61 heavy (non-hydrogen) atoms. The van der Waals surface area contributed by atoms with Gasteiger partial charge in [-0.1, -0.05) is 38.1 Å². The Morgan fingerprint density at radius 2 is 1.08 bits per heavy atom. The zero-order valence-corrected chi connectivity index (χ0v) is 32.8. The van der Waals surface area contributed by atoms with E-state index in [-0.39, 0.29) is 61.0 Å². The first-order valence-corrected chi connectivity index (χ1v) is 16.9. The Kier molecular flexibility index (Phi) is 19.2. The highest BCUT2D eigenvalue weighted by Gasteiger charge is 2.20. The number of anilines is 3. The van der Waals surface area contributed by atoms with Gasteiger partial charge in [0.2, 0.25) is 22.9 Å². The van der Waals surface area contributed by atoms with Gasteiger partial charge in [-0.2, -0.15) is 28.7 Å². The number of nitrogens with two attached hydrogens (primary N) is 1. The van der Waals surface area contributed by atoms with Gasteiger partial charge < -0.3 is 39.5 Å². The summed E-state index contributed by atoms with van der Waals surface area (Å²) in [5, 5.41) is 24.9. The van der Waals surface area contributed by atoms with E-state index in [0.717, 1.165) is 24.3 Å². The van der Waals surface area contributed by atoms with E-state index >= 15 is 0 Å². The van der Waals surface area contributed by atoms with Crippen molar-refractivity contribution >= 4 is 63.5 Å². The summed E-state index contributed by atoms with van der Waals surface area (Å²) < 4.78 is 57.5. The van der Waals surface area contributed by atoms with Crippen LogP contribution in [0.15, 0.2) is 73.3 Å². The Balaban J connectivity index is 0.000000341. The highest BCUT2D eigenvalue weighted by Crippen LogP contribution is 2.35. The van der Waals surface area contributed by atoms with Crippen LogP contribution >= 0.6 is 34.8 Å². The van der Waals surface area contributed by atoms with Crippen LogP contribution in [0, 0.1) is 31.9 Å². The first-order valence-electron chi connectivity index (χ1n) is 15.8. The lowest BCUT2D eigenvalue weighted by Gasteiger charge is -2.11. The van der Waals surface area contributed by atoms with Crippen LogP contribution in [0.25, 0.3) is 0 Å². The minimum atomic E-state index is -1.03. The quantitative estimate of drug-likeness (QED) is 0.0657. The van der Waals surface area contributed by atoms with Crippen molar-refractivity contribution in [1.82, 2.24) is 29.9 Å². The monoisotopic (exact) mass is 910 g/mol. The third-order valence-electron chi connectivity index (χ3n) is 6.94. The maximum atomic E-state index is 13.8. The highest BCUT2D eigenvalue weighted by atomic mass is 35.5. The molecule has 3 N–H and O–H groups in total. The van der Waals surface area contributed by atoms with Gasteiger partial charge in [0.05, 0.1) is 59.7 Å². The Hall–Kier alpha value is -7.17. The summed E-state index contributed by atoms with van der Waals surface area (Å²) in [5.74, 6) is -0.127. The predicted molar refractivity (Wildman–Crippen MR) is 221 cm³/mol. The first kappa shape index (κ1) is 50.0. The van der Waals surface area contributed by atoms with E-state index in [9.17, 15) is 29.0 Å². The van der Waals surface area contributed by atoms with Crippen LogP contribution in [-0.2, 0) is 0 Å². The maximum absolute atomic E-state index is 13.8. The Morgan fingerprint density at radius 1 is 0.623 bits per heavy atom. The van der Waals surface area contributed by atoms with Crippen molar-refractivity contribution in [2.24, 2.45) is 0 Å². The average molecular weight is 912 g/mol. The van der Waals surface area contributed by atoms with E-state index in [0.29, 0.717) is 33.0 Å². The van der Waals surface area contributed by atoms with E-state index in [4.69, 9.17) is 64.2 Å². The van der Waals surface area contributed by atoms with Gasteiger partial charge in [0, 0.05) is 36.4 Å². The van der Waals surface area contributed by atoms with Gasteiger partial charge in [0.25, 0.3) is 0 Å². The molecule has 6 rings (SSSR count). The predicted octanol–water partition coefficient (Wildman–Crippen LogP) is 9.70. The van der Waals surface area contributed by atoms with Gasteiger partial charge in [-0.15, -0.1) is 0 Å². The number of nitro groups is 2. The largest absolute Gasteiger partial charge is 0.495 e. The number of nitrogens with zero attached hydrogens (tertiary/aromatic N) is 8. The minimum Gasteiger partial charge on any atom is -0.495 e. The third-order valence-corrected chi connectivity index (χ3v) is 7.75. The molecule has 25 heteroatoms. The summed E-state index contributed by atoms with van der Waals surface area (Å²) >= 11 is 17.5. The number of nitro benzene ring substituents is 2. The molecule has 2 aromatic heterocycles. The Bertz CT molecular complexity index is 2460. The van der Waals surface area contributed by atoms with Crippen molar-refractivity contribution in [2.45, 2.75) is 14.9 Å². The van der Waals surface area contributed by atoms with Crippen LogP contribution in [0.1, 0.15) is 14.9 Å². The molecule has 2 heterocycles. The van der Waals surface area contributed by atoms with E-state index in [1.54, 1.807) is 36.4 Å². The minimum absolute atomic E-state index is 0. The zero-order valence-electron chi connectivity index (χ0n) is 30.6. The molecule has 0 saturated carbocycles. The molecule has 324 valence electrons. The average Bonchev–Trinajstić information content (AvgIpc) is 3.21. The second-order valence-corrected chi connectivity index (χ2v) is 11.8. The van der Waals surface area contributed by atoms with Gasteiger partial charge >= 0.3 is 23.4 Å². The molecule has 0 aliphatic carbocycles. The Morgan fingerprint density at radius 3 is 1.56 bits per heavy atom. The van der Waals surface area contributed by atoms with Crippen molar-refractivity contribution < 1.29 is 47.0 Å². The Labute approximate surface area is 360 Å². The number of aromatic nitrogens is 6. The van der Waals surface area contributed by atoms with Gasteiger partial charge in [-0.3, -0.25) is 20.2 Å². The number of ether oxygens (including phenoxy) is 6. The molecule has 0 aliphatic heterocycles. The molecule has 0 spiro atoms. The molecule has 0 saturated heterocycles. The fraction of sp³-hybridized carbons (Fsp3) is 0.167. The summed E-state index contributed by atoms with van der Waals surface area (Å²) in [6.45, 7) is 0. The van der Waals surface area contributed by atoms with Crippen molar-refractivity contribution in [2.75, 3.05) is 39.5 Å². The van der Waals surface area contributed by atoms with Crippen LogP contribution in [0.5, 0.6) is 46.5 Å². The lowest BCUT2D eigenvalue weighted by atomic mass is 10.2. The van der Waals surface area contributed by atoms with E-state index < -0.39 is 32.9 Å². The van der Waals surface area contributed by atoms with Gasteiger partial charge in [0.15, 0.2) is 0 Å². The SMILES string of the molecule is C.C.COc1cc(F)c([N+](=O)[O-])cc1N.COc1cc(Oc2ncnc(Cl)n2)ccc1Cl.COc1cc(Oc2ncnc(Nc3cc([N+](=O)[O-])c(F)cc3OC)n2)ccc1Cl. The molecule has 0 fully saturated rings. The second-order valence-electron chi connectivity index (χ2n) is 10.6. The molecule has 0 atom stereocenters. The maximum Gasteiger partial charge on any atom is 0.326 e. The van der Waals surface area contributed by atoms with Crippen LogP contribution in [0.3, 0.4) is 0 Å². The molecule has 20 nitrogen and oxygen atoms in total. The van der Waals surface area contributed by atoms with Crippen LogP contribution in [0.4, 0.5) is 37.5 Å².